The van der Waals surface area contributed by atoms with E-state index in [0.29, 0.717) is 6.54 Å². The Bertz CT molecular complexity index is 437. The van der Waals surface area contributed by atoms with Gasteiger partial charge in [-0.1, -0.05) is 19.8 Å². The van der Waals surface area contributed by atoms with Gasteiger partial charge >= 0.3 is 0 Å². The van der Waals surface area contributed by atoms with Crippen LogP contribution < -0.4 is 5.32 Å². The third-order valence-corrected chi connectivity index (χ3v) is 4.07. The lowest BCUT2D eigenvalue weighted by Crippen LogP contribution is -2.39. The molecular weight excluding hydrogens is 266 g/mol. The Morgan fingerprint density at radius 1 is 1.29 bits per heavy atom. The van der Waals surface area contributed by atoms with E-state index in [0.717, 1.165) is 31.9 Å². The molecule has 21 heavy (non-hydrogen) atoms. The number of aryl methyl sites for hydroxylation is 1. The van der Waals surface area contributed by atoms with E-state index < -0.39 is 0 Å². The van der Waals surface area contributed by atoms with Gasteiger partial charge in [0.15, 0.2) is 0 Å². The monoisotopic (exact) mass is 293 g/mol. The number of rotatable bonds is 6. The molecular formula is C15H27N5O. The van der Waals surface area contributed by atoms with Crippen LogP contribution in [-0.4, -0.2) is 45.2 Å². The van der Waals surface area contributed by atoms with Crippen LogP contribution in [0.5, 0.6) is 0 Å². The predicted octanol–water partition coefficient (Wildman–Crippen LogP) is 1.74. The second-order valence-corrected chi connectivity index (χ2v) is 5.65. The number of hydrogen-bond donors (Lipinski definition) is 1. The highest BCUT2D eigenvalue weighted by atomic mass is 16.2. The molecule has 6 heteroatoms. The zero-order chi connectivity index (χ0) is 15.1. The maximum atomic E-state index is 12.3. The smallest absolute Gasteiger partial charge is 0.234 e. The summed E-state index contributed by atoms with van der Waals surface area (Å²) < 4.78 is 1.85. The molecule has 1 unspecified atom stereocenters. The standard InChI is InChI=1S/C15H27N5O/c1-3-13(15-16-12-17-20(15)4-2)18-14(21)11-19-9-7-5-6-8-10-19/h12-13H,3-11H2,1-2H3,(H,18,21). The van der Waals surface area contributed by atoms with E-state index in [2.05, 4.69) is 27.2 Å². The Hall–Kier alpha value is -1.43. The summed E-state index contributed by atoms with van der Waals surface area (Å²) >= 11 is 0. The molecule has 1 aromatic heterocycles. The van der Waals surface area contributed by atoms with Crippen LogP contribution in [0.25, 0.3) is 0 Å². The molecule has 1 N–H and O–H groups in total. The highest BCUT2D eigenvalue weighted by Gasteiger charge is 2.20. The third kappa shape index (κ3) is 4.52. The fourth-order valence-electron chi connectivity index (χ4n) is 2.87. The van der Waals surface area contributed by atoms with Crippen LogP contribution in [0.3, 0.4) is 0 Å². The number of nitrogens with one attached hydrogen (secondary N) is 1. The van der Waals surface area contributed by atoms with Gasteiger partial charge in [-0.2, -0.15) is 5.10 Å². The SMILES string of the molecule is CCC(NC(=O)CN1CCCCCC1)c1ncnn1CC. The van der Waals surface area contributed by atoms with Crippen molar-refractivity contribution in [2.75, 3.05) is 19.6 Å². The summed E-state index contributed by atoms with van der Waals surface area (Å²) in [6, 6.07) is -0.0491. The second-order valence-electron chi connectivity index (χ2n) is 5.65. The lowest BCUT2D eigenvalue weighted by atomic mass is 10.2. The van der Waals surface area contributed by atoms with E-state index >= 15 is 0 Å². The van der Waals surface area contributed by atoms with Gasteiger partial charge in [0.1, 0.15) is 12.2 Å². The molecule has 118 valence electrons. The van der Waals surface area contributed by atoms with Gasteiger partial charge in [-0.05, 0) is 39.3 Å². The van der Waals surface area contributed by atoms with Crippen molar-refractivity contribution in [2.24, 2.45) is 0 Å². The Balaban J connectivity index is 1.90. The molecule has 1 aromatic rings. The van der Waals surface area contributed by atoms with Gasteiger partial charge in [0, 0.05) is 6.54 Å². The minimum absolute atomic E-state index is 0.0491. The minimum atomic E-state index is -0.0491. The molecule has 1 saturated heterocycles. The maximum absolute atomic E-state index is 12.3. The van der Waals surface area contributed by atoms with Gasteiger partial charge < -0.3 is 5.32 Å². The first-order valence-corrected chi connectivity index (χ1v) is 8.14. The molecule has 1 aliphatic rings. The first-order chi connectivity index (χ1) is 10.2. The summed E-state index contributed by atoms with van der Waals surface area (Å²) in [5, 5.41) is 7.29. The van der Waals surface area contributed by atoms with Crippen molar-refractivity contribution in [3.8, 4) is 0 Å². The van der Waals surface area contributed by atoms with Gasteiger partial charge in [0.25, 0.3) is 0 Å². The molecule has 1 fully saturated rings. The van der Waals surface area contributed by atoms with Crippen LogP contribution in [0.1, 0.15) is 57.8 Å². The van der Waals surface area contributed by atoms with E-state index in [1.165, 1.54) is 25.7 Å². The van der Waals surface area contributed by atoms with E-state index in [9.17, 15) is 4.79 Å². The summed E-state index contributed by atoms with van der Waals surface area (Å²) in [6.07, 6.45) is 7.36. The van der Waals surface area contributed by atoms with Gasteiger partial charge in [0.2, 0.25) is 5.91 Å². The molecule has 1 amide bonds. The van der Waals surface area contributed by atoms with Gasteiger partial charge in [-0.3, -0.25) is 9.69 Å². The molecule has 2 heterocycles. The number of hydrogen-bond acceptors (Lipinski definition) is 4. The van der Waals surface area contributed by atoms with E-state index in [4.69, 9.17) is 0 Å². The van der Waals surface area contributed by atoms with Crippen LogP contribution >= 0.6 is 0 Å². The number of nitrogens with zero attached hydrogens (tertiary/aromatic N) is 4. The number of carbonyl (C=O) groups is 1. The van der Waals surface area contributed by atoms with Crippen molar-refractivity contribution in [3.05, 3.63) is 12.2 Å². The van der Waals surface area contributed by atoms with Gasteiger partial charge in [-0.15, -0.1) is 0 Å². The Morgan fingerprint density at radius 2 is 2.00 bits per heavy atom. The van der Waals surface area contributed by atoms with Gasteiger partial charge in [-0.25, -0.2) is 9.67 Å². The molecule has 0 spiro atoms. The first-order valence-electron chi connectivity index (χ1n) is 8.14. The van der Waals surface area contributed by atoms with Crippen molar-refractivity contribution >= 4 is 5.91 Å². The number of amides is 1. The van der Waals surface area contributed by atoms with Crippen LogP contribution in [0, 0.1) is 0 Å². The maximum Gasteiger partial charge on any atom is 0.234 e. The lowest BCUT2D eigenvalue weighted by Gasteiger charge is -2.22. The fourth-order valence-corrected chi connectivity index (χ4v) is 2.87. The van der Waals surface area contributed by atoms with Gasteiger partial charge in [0.05, 0.1) is 12.6 Å². The molecule has 0 saturated carbocycles. The van der Waals surface area contributed by atoms with E-state index in [1.807, 2.05) is 11.6 Å². The van der Waals surface area contributed by atoms with Crippen molar-refractivity contribution in [2.45, 2.75) is 58.5 Å². The molecule has 6 nitrogen and oxygen atoms in total. The Morgan fingerprint density at radius 3 is 2.62 bits per heavy atom. The third-order valence-electron chi connectivity index (χ3n) is 4.07. The zero-order valence-corrected chi connectivity index (χ0v) is 13.2. The highest BCUT2D eigenvalue weighted by molar-refractivity contribution is 5.78. The zero-order valence-electron chi connectivity index (χ0n) is 13.2. The number of carbonyl (C=O) groups excluding carboxylic acids is 1. The summed E-state index contributed by atoms with van der Waals surface area (Å²) in [6.45, 7) is 7.44. The molecule has 2 rings (SSSR count). The average Bonchev–Trinajstić information content (AvgIpc) is 2.82. The molecule has 1 aliphatic heterocycles. The van der Waals surface area contributed by atoms with Crippen molar-refractivity contribution in [3.63, 3.8) is 0 Å². The fraction of sp³-hybridized carbons (Fsp3) is 0.800. The molecule has 0 bridgehead atoms. The number of aromatic nitrogens is 3. The van der Waals surface area contributed by atoms with Crippen molar-refractivity contribution in [1.29, 1.82) is 0 Å². The second kappa shape index (κ2) is 8.12. The topological polar surface area (TPSA) is 63.1 Å². The predicted molar refractivity (Wildman–Crippen MR) is 81.8 cm³/mol. The first kappa shape index (κ1) is 15.9. The lowest BCUT2D eigenvalue weighted by molar-refractivity contribution is -0.123. The largest absolute Gasteiger partial charge is 0.345 e. The Labute approximate surface area is 126 Å². The van der Waals surface area contributed by atoms with Crippen LogP contribution in [0.2, 0.25) is 0 Å². The van der Waals surface area contributed by atoms with Crippen LogP contribution in [0.15, 0.2) is 6.33 Å². The van der Waals surface area contributed by atoms with Crippen molar-refractivity contribution in [1.82, 2.24) is 25.0 Å². The average molecular weight is 293 g/mol. The minimum Gasteiger partial charge on any atom is -0.345 e. The normalized spacial score (nSPS) is 18.2. The summed E-state index contributed by atoms with van der Waals surface area (Å²) in [4.78, 5) is 18.8. The summed E-state index contributed by atoms with van der Waals surface area (Å²) in [5.41, 5.74) is 0. The van der Waals surface area contributed by atoms with E-state index in [-0.39, 0.29) is 11.9 Å². The molecule has 0 aliphatic carbocycles. The quantitative estimate of drug-likeness (QED) is 0.868. The number of likely N-dealkylation sites (tertiary alicyclic amines) is 1. The molecule has 1 atom stereocenters. The van der Waals surface area contributed by atoms with Crippen LogP contribution in [-0.2, 0) is 11.3 Å². The highest BCUT2D eigenvalue weighted by Crippen LogP contribution is 2.14. The molecule has 0 aromatic carbocycles. The molecule has 0 radical (unpaired) electrons. The summed E-state index contributed by atoms with van der Waals surface area (Å²) in [5.74, 6) is 0.943. The Kier molecular flexibility index (Phi) is 6.17. The summed E-state index contributed by atoms with van der Waals surface area (Å²) in [7, 11) is 0. The van der Waals surface area contributed by atoms with Crippen molar-refractivity contribution < 1.29 is 4.79 Å². The van der Waals surface area contributed by atoms with Crippen LogP contribution in [0.4, 0.5) is 0 Å². The van der Waals surface area contributed by atoms with E-state index in [1.54, 1.807) is 6.33 Å².